The van der Waals surface area contributed by atoms with Crippen LogP contribution in [0.5, 0.6) is 5.75 Å². The van der Waals surface area contributed by atoms with Gasteiger partial charge in [-0.1, -0.05) is 18.2 Å². The van der Waals surface area contributed by atoms with Gasteiger partial charge in [0.15, 0.2) is 11.4 Å². The molecule has 1 saturated carbocycles. The first-order valence-electron chi connectivity index (χ1n) is 9.81. The lowest BCUT2D eigenvalue weighted by molar-refractivity contribution is -0.166. The molecule has 0 radical (unpaired) electrons. The minimum atomic E-state index is -2.97. The lowest BCUT2D eigenvalue weighted by Crippen LogP contribution is -2.70. The molecule has 5 atom stereocenters. The van der Waals surface area contributed by atoms with Crippen LogP contribution in [0.25, 0.3) is 11.3 Å². The quantitative estimate of drug-likeness (QED) is 0.321. The molecule has 3 aliphatic carbocycles. The molecular formula is C22H21ClN2O8. The number of ketones is 2. The Kier molecular flexibility index (Phi) is 4.99. The maximum absolute atomic E-state index is 13.7. The Balaban J connectivity index is 2.10. The maximum atomic E-state index is 13.7. The summed E-state index contributed by atoms with van der Waals surface area (Å²) in [7, 11) is 2.84. The third-order valence-corrected chi connectivity index (χ3v) is 6.99. The lowest BCUT2D eigenvalue weighted by Gasteiger charge is -2.52. The number of aliphatic hydroxyl groups excluding tert-OH is 3. The van der Waals surface area contributed by atoms with Gasteiger partial charge in [0.05, 0.1) is 29.2 Å². The molecule has 0 heterocycles. The fraction of sp³-hybridized carbons (Fsp3) is 0.318. The minimum absolute atomic E-state index is 0.0516. The molecule has 7 N–H and O–H groups in total. The van der Waals surface area contributed by atoms with Crippen molar-refractivity contribution in [1.82, 2.24) is 4.90 Å². The molecule has 11 heteroatoms. The van der Waals surface area contributed by atoms with Gasteiger partial charge in [0.1, 0.15) is 22.8 Å². The number of Topliss-reactive ketones (excluding diaryl/α,β-unsaturated/α-hetero) is 2. The predicted molar refractivity (Wildman–Crippen MR) is 116 cm³/mol. The summed E-state index contributed by atoms with van der Waals surface area (Å²) in [4.78, 5) is 39.9. The number of aliphatic hydroxyl groups is 4. The van der Waals surface area contributed by atoms with Gasteiger partial charge in [-0.05, 0) is 31.8 Å². The average Bonchev–Trinajstić information content (AvgIpc) is 2.72. The van der Waals surface area contributed by atoms with Gasteiger partial charge in [-0.25, -0.2) is 0 Å². The van der Waals surface area contributed by atoms with E-state index >= 15 is 0 Å². The first-order chi connectivity index (χ1) is 15.3. The largest absolute Gasteiger partial charge is 0.508 e. The van der Waals surface area contributed by atoms with Crippen molar-refractivity contribution in [3.05, 3.63) is 51.8 Å². The van der Waals surface area contributed by atoms with Gasteiger partial charge in [0.2, 0.25) is 5.78 Å². The van der Waals surface area contributed by atoms with Crippen molar-refractivity contribution in [3.8, 4) is 5.75 Å². The van der Waals surface area contributed by atoms with Crippen LogP contribution in [0.1, 0.15) is 11.1 Å². The average molecular weight is 477 g/mol. The van der Waals surface area contributed by atoms with E-state index < -0.39 is 75.5 Å². The summed E-state index contributed by atoms with van der Waals surface area (Å²) in [6, 6.07) is 1.08. The van der Waals surface area contributed by atoms with Crippen molar-refractivity contribution in [2.45, 2.75) is 17.7 Å². The number of carbonyl (C=O) groups excluding carboxylic acids is 3. The van der Waals surface area contributed by atoms with Crippen LogP contribution >= 0.6 is 11.6 Å². The molecule has 10 nitrogen and oxygen atoms in total. The molecule has 0 saturated heterocycles. The van der Waals surface area contributed by atoms with Crippen LogP contribution in [-0.2, 0) is 14.4 Å². The SMILES string of the molecule is C=C1c2c(Cl)ccc(O)c2C(O)=C2C(=O)[C@]3(O)C(O)=C(C(N)=O)C(=O)[C@@H](N(C)C)[C@@H]3[C@@H](O)[C@@H]12. The first-order valence-corrected chi connectivity index (χ1v) is 10.2. The van der Waals surface area contributed by atoms with Gasteiger partial charge in [0.25, 0.3) is 5.91 Å². The summed E-state index contributed by atoms with van der Waals surface area (Å²) in [6.07, 6.45) is -1.75. The first kappa shape index (κ1) is 23.0. The van der Waals surface area contributed by atoms with Crippen LogP contribution in [0.4, 0.5) is 0 Å². The number of halogens is 1. The van der Waals surface area contributed by atoms with Crippen LogP contribution < -0.4 is 5.73 Å². The molecule has 1 amide bonds. The molecule has 0 unspecified atom stereocenters. The van der Waals surface area contributed by atoms with Gasteiger partial charge in [-0.3, -0.25) is 19.3 Å². The maximum Gasteiger partial charge on any atom is 0.255 e. The summed E-state index contributed by atoms with van der Waals surface area (Å²) in [6.45, 7) is 3.89. The van der Waals surface area contributed by atoms with Crippen LogP contribution in [0.3, 0.4) is 0 Å². The molecule has 1 fully saturated rings. The van der Waals surface area contributed by atoms with E-state index in [4.69, 9.17) is 17.3 Å². The third-order valence-electron chi connectivity index (χ3n) is 6.67. The second kappa shape index (κ2) is 7.16. The summed E-state index contributed by atoms with van der Waals surface area (Å²) in [5, 5.41) is 55.0. The topological polar surface area (TPSA) is 182 Å². The van der Waals surface area contributed by atoms with Crippen molar-refractivity contribution < 1.29 is 39.9 Å². The smallest absolute Gasteiger partial charge is 0.255 e. The molecule has 1 aromatic carbocycles. The second-order valence-corrected chi connectivity index (χ2v) is 8.96. The van der Waals surface area contributed by atoms with Gasteiger partial charge in [-0.2, -0.15) is 0 Å². The molecule has 0 bridgehead atoms. The normalized spacial score (nSPS) is 31.5. The van der Waals surface area contributed by atoms with Gasteiger partial charge >= 0.3 is 0 Å². The Hall–Kier alpha value is -3.18. The van der Waals surface area contributed by atoms with E-state index in [0.717, 1.165) is 0 Å². The zero-order valence-electron chi connectivity index (χ0n) is 17.5. The number of likely N-dealkylation sites (N-methyl/N-ethyl adjacent to an activating group) is 1. The Labute approximate surface area is 192 Å². The number of benzene rings is 1. The predicted octanol–water partition coefficient (Wildman–Crippen LogP) is 0.0589. The molecule has 4 rings (SSSR count). The number of carbonyl (C=O) groups is 3. The van der Waals surface area contributed by atoms with Crippen LogP contribution in [0.2, 0.25) is 5.02 Å². The number of phenols is 1. The summed E-state index contributed by atoms with van der Waals surface area (Å²) < 4.78 is 0. The lowest BCUT2D eigenvalue weighted by atomic mass is 9.55. The fourth-order valence-corrected chi connectivity index (χ4v) is 5.54. The molecule has 3 aliphatic rings. The number of primary amides is 1. The van der Waals surface area contributed by atoms with E-state index in [2.05, 4.69) is 6.58 Å². The summed E-state index contributed by atoms with van der Waals surface area (Å²) in [5.74, 6) is -9.18. The van der Waals surface area contributed by atoms with E-state index in [0.29, 0.717) is 0 Å². The zero-order chi connectivity index (χ0) is 24.7. The van der Waals surface area contributed by atoms with E-state index in [1.807, 2.05) is 0 Å². The molecule has 1 aromatic rings. The highest BCUT2D eigenvalue weighted by Gasteiger charge is 2.68. The Morgan fingerprint density at radius 1 is 1.18 bits per heavy atom. The van der Waals surface area contributed by atoms with Gasteiger partial charge < -0.3 is 31.3 Å². The highest BCUT2D eigenvalue weighted by Crippen LogP contribution is 2.56. The zero-order valence-corrected chi connectivity index (χ0v) is 18.3. The van der Waals surface area contributed by atoms with Crippen LogP contribution in [0.15, 0.2) is 35.6 Å². The van der Waals surface area contributed by atoms with Crippen molar-refractivity contribution in [2.75, 3.05) is 14.1 Å². The number of rotatable bonds is 2. The molecule has 0 spiro atoms. The van der Waals surface area contributed by atoms with Gasteiger partial charge in [0, 0.05) is 16.5 Å². The van der Waals surface area contributed by atoms with Crippen molar-refractivity contribution in [3.63, 3.8) is 0 Å². The Bertz CT molecular complexity index is 1230. The number of phenolic OH excluding ortho intramolecular Hbond substituents is 1. The number of nitrogens with zero attached hydrogens (tertiary/aromatic N) is 1. The second-order valence-electron chi connectivity index (χ2n) is 8.55. The number of nitrogens with two attached hydrogens (primary N) is 1. The number of hydrogen-bond acceptors (Lipinski definition) is 9. The standard InChI is InChI=1S/C22H21ClN2O8/c1-6-9-7(23)4-5-8(26)11(9)16(27)12-10(6)17(28)14-15(25(2)3)18(29)13(21(24)32)20(31)22(14,33)19(12)30/h4-5,10,14-15,17,26-28,31,33H,1H2,2-3H3,(H2,24,32)/t10-,14+,15-,17-,22-/m0/s1. The number of aromatic hydroxyl groups is 1. The third kappa shape index (κ3) is 2.69. The van der Waals surface area contributed by atoms with E-state index in [9.17, 15) is 39.9 Å². The van der Waals surface area contributed by atoms with E-state index in [1.54, 1.807) is 0 Å². The summed E-state index contributed by atoms with van der Waals surface area (Å²) in [5.41, 5.74) is 0.634. The molecule has 0 aromatic heterocycles. The summed E-state index contributed by atoms with van der Waals surface area (Å²) >= 11 is 6.25. The highest BCUT2D eigenvalue weighted by atomic mass is 35.5. The van der Waals surface area contributed by atoms with Crippen LogP contribution in [0, 0.1) is 11.8 Å². The number of amides is 1. The molecule has 33 heavy (non-hydrogen) atoms. The van der Waals surface area contributed by atoms with E-state index in [-0.39, 0.29) is 21.7 Å². The Morgan fingerprint density at radius 2 is 1.79 bits per heavy atom. The van der Waals surface area contributed by atoms with Gasteiger partial charge in [-0.15, -0.1) is 0 Å². The number of hydrogen-bond donors (Lipinski definition) is 6. The highest BCUT2D eigenvalue weighted by molar-refractivity contribution is 6.33. The molecule has 0 aliphatic heterocycles. The minimum Gasteiger partial charge on any atom is -0.508 e. The number of fused-ring (bicyclic) bond motifs is 3. The van der Waals surface area contributed by atoms with Crippen molar-refractivity contribution >= 4 is 40.4 Å². The van der Waals surface area contributed by atoms with Crippen molar-refractivity contribution in [1.29, 1.82) is 0 Å². The van der Waals surface area contributed by atoms with Crippen molar-refractivity contribution in [2.24, 2.45) is 17.6 Å². The van der Waals surface area contributed by atoms with Crippen LogP contribution in [-0.4, -0.2) is 79.7 Å². The Morgan fingerprint density at radius 3 is 2.33 bits per heavy atom. The van der Waals surface area contributed by atoms with E-state index in [1.165, 1.54) is 31.1 Å². The molecule has 174 valence electrons. The monoisotopic (exact) mass is 476 g/mol. The molecular weight excluding hydrogens is 456 g/mol. The fourth-order valence-electron chi connectivity index (χ4n) is 5.26.